The molecule has 0 saturated heterocycles. The first-order valence-corrected chi connectivity index (χ1v) is 7.25. The van der Waals surface area contributed by atoms with Gasteiger partial charge in [0.25, 0.3) is 5.91 Å². The van der Waals surface area contributed by atoms with E-state index >= 15 is 0 Å². The normalized spacial score (nSPS) is 10.3. The van der Waals surface area contributed by atoms with E-state index in [0.717, 1.165) is 0 Å². The van der Waals surface area contributed by atoms with Gasteiger partial charge in [-0.2, -0.15) is 0 Å². The molecular weight excluding hydrogens is 268 g/mol. The van der Waals surface area contributed by atoms with Crippen molar-refractivity contribution >= 4 is 11.8 Å². The molecule has 0 aromatic heterocycles. The van der Waals surface area contributed by atoms with Crippen LogP contribution in [-0.2, 0) is 9.59 Å². The Kier molecular flexibility index (Phi) is 7.29. The van der Waals surface area contributed by atoms with Gasteiger partial charge in [-0.05, 0) is 25.0 Å². The van der Waals surface area contributed by atoms with Crippen LogP contribution in [0.5, 0.6) is 5.75 Å². The van der Waals surface area contributed by atoms with Crippen molar-refractivity contribution in [2.45, 2.75) is 20.8 Å². The van der Waals surface area contributed by atoms with E-state index in [4.69, 9.17) is 4.74 Å². The molecule has 0 fully saturated rings. The summed E-state index contributed by atoms with van der Waals surface area (Å²) in [6.07, 6.45) is 0. The number of hydrogen-bond acceptors (Lipinski definition) is 3. The highest BCUT2D eigenvalue weighted by Crippen LogP contribution is 2.07. The summed E-state index contributed by atoms with van der Waals surface area (Å²) in [4.78, 5) is 25.3. The second kappa shape index (κ2) is 9.00. The Balaban J connectivity index is 2.30. The fourth-order valence-electron chi connectivity index (χ4n) is 1.85. The molecule has 1 aromatic rings. The molecule has 2 amide bonds. The van der Waals surface area contributed by atoms with E-state index in [1.54, 1.807) is 17.0 Å². The molecule has 0 aliphatic heterocycles. The number of hydrogen-bond donors (Lipinski definition) is 1. The molecule has 0 aliphatic rings. The molecule has 116 valence electrons. The highest BCUT2D eigenvalue weighted by atomic mass is 16.5. The van der Waals surface area contributed by atoms with E-state index in [2.05, 4.69) is 19.2 Å². The van der Waals surface area contributed by atoms with Crippen LogP contribution in [0, 0.1) is 5.92 Å². The zero-order valence-electron chi connectivity index (χ0n) is 13.0. The number of carbonyl (C=O) groups is 2. The van der Waals surface area contributed by atoms with Crippen molar-refractivity contribution in [3.05, 3.63) is 30.3 Å². The van der Waals surface area contributed by atoms with Gasteiger partial charge in [-0.3, -0.25) is 9.59 Å². The molecule has 5 nitrogen and oxygen atoms in total. The lowest BCUT2D eigenvalue weighted by molar-refractivity contribution is -0.133. The molecule has 0 aliphatic carbocycles. The van der Waals surface area contributed by atoms with E-state index in [1.807, 2.05) is 25.1 Å². The Morgan fingerprint density at radius 3 is 2.48 bits per heavy atom. The monoisotopic (exact) mass is 292 g/mol. The number of benzene rings is 1. The van der Waals surface area contributed by atoms with Gasteiger partial charge in [-0.25, -0.2) is 0 Å². The SMILES string of the molecule is CCN(CC(C)C)C(=O)CNC(=O)COc1ccccc1. The van der Waals surface area contributed by atoms with E-state index < -0.39 is 0 Å². The van der Waals surface area contributed by atoms with Gasteiger partial charge < -0.3 is 15.0 Å². The van der Waals surface area contributed by atoms with Crippen molar-refractivity contribution in [2.75, 3.05) is 26.2 Å². The van der Waals surface area contributed by atoms with Crippen molar-refractivity contribution in [3.63, 3.8) is 0 Å². The smallest absolute Gasteiger partial charge is 0.258 e. The van der Waals surface area contributed by atoms with Crippen LogP contribution >= 0.6 is 0 Å². The Morgan fingerprint density at radius 1 is 1.24 bits per heavy atom. The average molecular weight is 292 g/mol. The van der Waals surface area contributed by atoms with Gasteiger partial charge in [0, 0.05) is 13.1 Å². The van der Waals surface area contributed by atoms with Crippen LogP contribution in [-0.4, -0.2) is 43.0 Å². The quantitative estimate of drug-likeness (QED) is 0.793. The minimum atomic E-state index is -0.298. The summed E-state index contributed by atoms with van der Waals surface area (Å²) < 4.78 is 5.31. The second-order valence-electron chi connectivity index (χ2n) is 5.20. The molecule has 0 spiro atoms. The third kappa shape index (κ3) is 6.79. The second-order valence-corrected chi connectivity index (χ2v) is 5.20. The van der Waals surface area contributed by atoms with Gasteiger partial charge in [0.05, 0.1) is 6.54 Å². The molecule has 1 N–H and O–H groups in total. The number of likely N-dealkylation sites (N-methyl/N-ethyl adjacent to an activating group) is 1. The number of carbonyl (C=O) groups excluding carboxylic acids is 2. The van der Waals surface area contributed by atoms with E-state index in [9.17, 15) is 9.59 Å². The van der Waals surface area contributed by atoms with Crippen LogP contribution in [0.15, 0.2) is 30.3 Å². The first-order chi connectivity index (χ1) is 10.0. The molecule has 21 heavy (non-hydrogen) atoms. The zero-order chi connectivity index (χ0) is 15.7. The van der Waals surface area contributed by atoms with Gasteiger partial charge in [0.15, 0.2) is 6.61 Å². The van der Waals surface area contributed by atoms with Crippen molar-refractivity contribution in [2.24, 2.45) is 5.92 Å². The van der Waals surface area contributed by atoms with Crippen molar-refractivity contribution < 1.29 is 14.3 Å². The number of amides is 2. The van der Waals surface area contributed by atoms with Crippen LogP contribution in [0.1, 0.15) is 20.8 Å². The average Bonchev–Trinajstić information content (AvgIpc) is 2.49. The van der Waals surface area contributed by atoms with Crippen LogP contribution in [0.25, 0.3) is 0 Å². The topological polar surface area (TPSA) is 58.6 Å². The van der Waals surface area contributed by atoms with Crippen LogP contribution in [0.4, 0.5) is 0 Å². The Bertz CT molecular complexity index is 446. The third-order valence-corrected chi connectivity index (χ3v) is 2.87. The van der Waals surface area contributed by atoms with Gasteiger partial charge in [-0.1, -0.05) is 32.0 Å². The van der Waals surface area contributed by atoms with Gasteiger partial charge >= 0.3 is 0 Å². The predicted molar refractivity (Wildman–Crippen MR) is 82.0 cm³/mol. The summed E-state index contributed by atoms with van der Waals surface area (Å²) in [5.41, 5.74) is 0. The lowest BCUT2D eigenvalue weighted by Crippen LogP contribution is -2.42. The molecule has 0 bridgehead atoms. The number of ether oxygens (including phenoxy) is 1. The minimum Gasteiger partial charge on any atom is -0.484 e. The van der Waals surface area contributed by atoms with Crippen molar-refractivity contribution in [3.8, 4) is 5.75 Å². The summed E-state index contributed by atoms with van der Waals surface area (Å²) in [5.74, 6) is 0.673. The molecule has 1 rings (SSSR count). The number of rotatable bonds is 8. The Morgan fingerprint density at radius 2 is 1.90 bits per heavy atom. The van der Waals surface area contributed by atoms with Crippen LogP contribution in [0.2, 0.25) is 0 Å². The first-order valence-electron chi connectivity index (χ1n) is 7.25. The maximum absolute atomic E-state index is 12.0. The summed E-state index contributed by atoms with van der Waals surface area (Å²) in [6, 6.07) is 9.10. The highest BCUT2D eigenvalue weighted by Gasteiger charge is 2.14. The molecule has 0 radical (unpaired) electrons. The summed E-state index contributed by atoms with van der Waals surface area (Å²) in [5, 5.41) is 2.59. The van der Waals surface area contributed by atoms with E-state index in [1.165, 1.54) is 0 Å². The van der Waals surface area contributed by atoms with Crippen molar-refractivity contribution in [1.82, 2.24) is 10.2 Å². The molecule has 0 atom stereocenters. The lowest BCUT2D eigenvalue weighted by Gasteiger charge is -2.23. The molecule has 0 unspecified atom stereocenters. The Hall–Kier alpha value is -2.04. The molecule has 0 saturated carbocycles. The molecule has 5 heteroatoms. The fourth-order valence-corrected chi connectivity index (χ4v) is 1.85. The van der Waals surface area contributed by atoms with E-state index in [0.29, 0.717) is 24.8 Å². The maximum atomic E-state index is 12.0. The van der Waals surface area contributed by atoms with Gasteiger partial charge in [-0.15, -0.1) is 0 Å². The largest absolute Gasteiger partial charge is 0.484 e. The molecular formula is C16H24N2O3. The molecule has 0 heterocycles. The number of nitrogens with one attached hydrogen (secondary N) is 1. The fraction of sp³-hybridized carbons (Fsp3) is 0.500. The number of para-hydroxylation sites is 1. The van der Waals surface area contributed by atoms with Crippen molar-refractivity contribution in [1.29, 1.82) is 0 Å². The van der Waals surface area contributed by atoms with Crippen LogP contribution in [0.3, 0.4) is 0 Å². The minimum absolute atomic E-state index is 0.0115. The Labute approximate surface area is 126 Å². The summed E-state index contributed by atoms with van der Waals surface area (Å²) in [6.45, 7) is 7.31. The lowest BCUT2D eigenvalue weighted by atomic mass is 10.2. The maximum Gasteiger partial charge on any atom is 0.258 e. The summed E-state index contributed by atoms with van der Waals surface area (Å²) >= 11 is 0. The highest BCUT2D eigenvalue weighted by molar-refractivity contribution is 5.85. The first kappa shape index (κ1) is 17.0. The predicted octanol–water partition coefficient (Wildman–Crippen LogP) is 1.69. The van der Waals surface area contributed by atoms with Gasteiger partial charge in [0.2, 0.25) is 5.91 Å². The third-order valence-electron chi connectivity index (χ3n) is 2.87. The van der Waals surface area contributed by atoms with E-state index in [-0.39, 0.29) is 25.0 Å². The standard InChI is InChI=1S/C16H24N2O3/c1-4-18(11-13(2)3)16(20)10-17-15(19)12-21-14-8-6-5-7-9-14/h5-9,13H,4,10-12H2,1-3H3,(H,17,19). The van der Waals surface area contributed by atoms with Gasteiger partial charge in [0.1, 0.15) is 5.75 Å². The number of nitrogens with zero attached hydrogens (tertiary/aromatic N) is 1. The van der Waals surface area contributed by atoms with Crippen LogP contribution < -0.4 is 10.1 Å². The zero-order valence-corrected chi connectivity index (χ0v) is 13.0. The molecule has 1 aromatic carbocycles. The summed E-state index contributed by atoms with van der Waals surface area (Å²) in [7, 11) is 0.